The van der Waals surface area contributed by atoms with Gasteiger partial charge in [-0.25, -0.2) is 12.8 Å². The summed E-state index contributed by atoms with van der Waals surface area (Å²) in [6, 6.07) is 6.72. The summed E-state index contributed by atoms with van der Waals surface area (Å²) in [5, 5.41) is 6.61. The van der Waals surface area contributed by atoms with E-state index >= 15 is 0 Å². The number of aryl methyl sites for hydroxylation is 1. The molecule has 2 aromatic heterocycles. The third-order valence-corrected chi connectivity index (χ3v) is 6.17. The number of rotatable bonds is 5. The highest BCUT2D eigenvalue weighted by Gasteiger charge is 2.28. The number of morpholine rings is 1. The first-order valence-electron chi connectivity index (χ1n) is 9.15. The molecule has 2 N–H and O–H groups in total. The Kier molecular flexibility index (Phi) is 5.31. The van der Waals surface area contributed by atoms with E-state index in [1.807, 2.05) is 0 Å². The normalized spacial score (nSPS) is 14.7. The van der Waals surface area contributed by atoms with Crippen LogP contribution < -0.4 is 4.72 Å². The molecule has 0 aliphatic carbocycles. The molecule has 1 aromatic carbocycles. The van der Waals surface area contributed by atoms with Gasteiger partial charge in [-0.1, -0.05) is 12.1 Å². The Morgan fingerprint density at radius 1 is 1.27 bits per heavy atom. The number of aromatic nitrogens is 2. The van der Waals surface area contributed by atoms with E-state index in [0.717, 1.165) is 6.07 Å². The van der Waals surface area contributed by atoms with E-state index in [1.54, 1.807) is 4.90 Å². The second kappa shape index (κ2) is 7.92. The number of para-hydroxylation sites is 1. The first-order chi connectivity index (χ1) is 14.4. The highest BCUT2D eigenvalue weighted by molar-refractivity contribution is 7.92. The van der Waals surface area contributed by atoms with Crippen molar-refractivity contribution in [2.75, 3.05) is 31.0 Å². The molecule has 1 saturated heterocycles. The average molecular weight is 434 g/mol. The second-order valence-electron chi connectivity index (χ2n) is 6.68. The molecule has 0 unspecified atom stereocenters. The lowest BCUT2D eigenvalue weighted by molar-refractivity contribution is 0.0303. The molecular weight excluding hydrogens is 415 g/mol. The fourth-order valence-corrected chi connectivity index (χ4v) is 4.42. The lowest BCUT2D eigenvalue weighted by atomic mass is 10.2. The highest BCUT2D eigenvalue weighted by atomic mass is 32.2. The molecule has 1 aliphatic rings. The number of carbonyl (C=O) groups excluding carboxylic acids is 1. The molecule has 1 amide bonds. The number of furan rings is 1. The molecule has 158 valence electrons. The number of H-pyrrole nitrogens is 1. The SMILES string of the molecule is Cc1oc(-c2[nH]ncc2C(=O)N2CCOCC2)cc1S(=O)(=O)Nc1ccccc1F. The standard InChI is InChI=1S/C19H19FN4O5S/c1-12-17(30(26,27)23-15-5-3-2-4-14(15)20)10-16(29-12)18-13(11-21-22-18)19(25)24-6-8-28-9-7-24/h2-5,10-11,23H,6-9H2,1H3,(H,21,22). The Balaban J connectivity index is 1.64. The minimum atomic E-state index is -4.12. The monoisotopic (exact) mass is 434 g/mol. The van der Waals surface area contributed by atoms with Gasteiger partial charge in [0, 0.05) is 19.2 Å². The molecule has 0 saturated carbocycles. The third-order valence-electron chi connectivity index (χ3n) is 4.69. The van der Waals surface area contributed by atoms with Crippen LogP contribution in [0.5, 0.6) is 0 Å². The molecule has 9 nitrogen and oxygen atoms in total. The van der Waals surface area contributed by atoms with Crippen molar-refractivity contribution in [3.05, 3.63) is 53.7 Å². The summed E-state index contributed by atoms with van der Waals surface area (Å²) in [6.45, 7) is 3.27. The van der Waals surface area contributed by atoms with Crippen LogP contribution in [0.25, 0.3) is 11.5 Å². The van der Waals surface area contributed by atoms with Gasteiger partial charge >= 0.3 is 0 Å². The van der Waals surface area contributed by atoms with Gasteiger partial charge in [0.15, 0.2) is 5.76 Å². The zero-order chi connectivity index (χ0) is 21.3. The molecule has 0 spiro atoms. The van der Waals surface area contributed by atoms with Gasteiger partial charge in [0.05, 0.1) is 30.7 Å². The Bertz CT molecular complexity index is 1180. The van der Waals surface area contributed by atoms with Crippen molar-refractivity contribution in [2.45, 2.75) is 11.8 Å². The molecule has 0 atom stereocenters. The zero-order valence-corrected chi connectivity index (χ0v) is 16.8. The van der Waals surface area contributed by atoms with Gasteiger partial charge in [-0.3, -0.25) is 14.6 Å². The van der Waals surface area contributed by atoms with E-state index in [2.05, 4.69) is 14.9 Å². The number of ether oxygens (including phenoxy) is 1. The van der Waals surface area contributed by atoms with Crippen LogP contribution in [0.15, 0.2) is 45.8 Å². The molecular formula is C19H19FN4O5S. The largest absolute Gasteiger partial charge is 0.458 e. The number of aromatic amines is 1. The van der Waals surface area contributed by atoms with Gasteiger partial charge in [-0.15, -0.1) is 0 Å². The number of carbonyl (C=O) groups is 1. The van der Waals surface area contributed by atoms with Crippen LogP contribution in [0.2, 0.25) is 0 Å². The fourth-order valence-electron chi connectivity index (χ4n) is 3.17. The van der Waals surface area contributed by atoms with E-state index in [4.69, 9.17) is 9.15 Å². The van der Waals surface area contributed by atoms with E-state index in [1.165, 1.54) is 37.4 Å². The number of amides is 1. The Hall–Kier alpha value is -3.18. The predicted molar refractivity (Wildman–Crippen MR) is 105 cm³/mol. The summed E-state index contributed by atoms with van der Waals surface area (Å²) in [5.74, 6) is -0.733. The third kappa shape index (κ3) is 3.81. The van der Waals surface area contributed by atoms with Gasteiger partial charge in [-0.2, -0.15) is 5.10 Å². The van der Waals surface area contributed by atoms with E-state index in [-0.39, 0.29) is 39.3 Å². The molecule has 3 aromatic rings. The van der Waals surface area contributed by atoms with Crippen LogP contribution in [0.1, 0.15) is 16.1 Å². The highest BCUT2D eigenvalue weighted by Crippen LogP contribution is 2.31. The summed E-state index contributed by atoms with van der Waals surface area (Å²) in [4.78, 5) is 14.3. The Morgan fingerprint density at radius 3 is 2.73 bits per heavy atom. The summed E-state index contributed by atoms with van der Waals surface area (Å²) in [7, 11) is -4.12. The molecule has 4 rings (SSSR count). The first kappa shape index (κ1) is 20.1. The lowest BCUT2D eigenvalue weighted by Gasteiger charge is -2.26. The number of nitrogens with zero attached hydrogens (tertiary/aromatic N) is 2. The van der Waals surface area contributed by atoms with Gasteiger partial charge in [0.2, 0.25) is 0 Å². The van der Waals surface area contributed by atoms with Crippen molar-refractivity contribution in [1.82, 2.24) is 15.1 Å². The molecule has 30 heavy (non-hydrogen) atoms. The summed E-state index contributed by atoms with van der Waals surface area (Å²) >= 11 is 0. The van der Waals surface area contributed by atoms with Crippen LogP contribution in [-0.2, 0) is 14.8 Å². The summed E-state index contributed by atoms with van der Waals surface area (Å²) in [6.07, 6.45) is 1.37. The first-order valence-corrected chi connectivity index (χ1v) is 10.6. The van der Waals surface area contributed by atoms with Crippen molar-refractivity contribution in [3.8, 4) is 11.5 Å². The molecule has 1 fully saturated rings. The predicted octanol–water partition coefficient (Wildman–Crippen LogP) is 2.39. The number of benzene rings is 1. The summed E-state index contributed by atoms with van der Waals surface area (Å²) < 4.78 is 52.5. The maximum absolute atomic E-state index is 13.9. The molecule has 1 aliphatic heterocycles. The van der Waals surface area contributed by atoms with Gasteiger partial charge < -0.3 is 14.1 Å². The zero-order valence-electron chi connectivity index (χ0n) is 16.0. The van der Waals surface area contributed by atoms with Crippen molar-refractivity contribution in [1.29, 1.82) is 0 Å². The van der Waals surface area contributed by atoms with Crippen molar-refractivity contribution in [3.63, 3.8) is 0 Å². The lowest BCUT2D eigenvalue weighted by Crippen LogP contribution is -2.40. The number of hydrogen-bond acceptors (Lipinski definition) is 6. The number of nitrogens with one attached hydrogen (secondary N) is 2. The van der Waals surface area contributed by atoms with Crippen LogP contribution >= 0.6 is 0 Å². The molecule has 11 heteroatoms. The Morgan fingerprint density at radius 2 is 2.00 bits per heavy atom. The van der Waals surface area contributed by atoms with Crippen LogP contribution in [-0.4, -0.2) is 55.7 Å². The molecule has 3 heterocycles. The number of halogens is 1. The molecule has 0 radical (unpaired) electrons. The second-order valence-corrected chi connectivity index (χ2v) is 8.33. The fraction of sp³-hybridized carbons (Fsp3) is 0.263. The smallest absolute Gasteiger partial charge is 0.265 e. The number of anilines is 1. The van der Waals surface area contributed by atoms with Gasteiger partial charge in [0.1, 0.15) is 22.2 Å². The van der Waals surface area contributed by atoms with Crippen molar-refractivity contribution in [2.24, 2.45) is 0 Å². The maximum atomic E-state index is 13.9. The van der Waals surface area contributed by atoms with E-state index < -0.39 is 15.8 Å². The number of hydrogen-bond donors (Lipinski definition) is 2. The molecule has 0 bridgehead atoms. The maximum Gasteiger partial charge on any atom is 0.265 e. The van der Waals surface area contributed by atoms with Crippen LogP contribution in [0.3, 0.4) is 0 Å². The van der Waals surface area contributed by atoms with E-state index in [0.29, 0.717) is 26.3 Å². The Labute approximate surface area is 171 Å². The number of sulfonamides is 1. The topological polar surface area (TPSA) is 118 Å². The quantitative estimate of drug-likeness (QED) is 0.637. The minimum absolute atomic E-state index is 0.0909. The van der Waals surface area contributed by atoms with Crippen molar-refractivity contribution >= 4 is 21.6 Å². The van der Waals surface area contributed by atoms with E-state index in [9.17, 15) is 17.6 Å². The van der Waals surface area contributed by atoms with Crippen molar-refractivity contribution < 1.29 is 26.8 Å². The van der Waals surface area contributed by atoms with Gasteiger partial charge in [-0.05, 0) is 19.1 Å². The minimum Gasteiger partial charge on any atom is -0.458 e. The summed E-state index contributed by atoms with van der Waals surface area (Å²) in [5.41, 5.74) is 0.350. The van der Waals surface area contributed by atoms with Gasteiger partial charge in [0.25, 0.3) is 15.9 Å². The van der Waals surface area contributed by atoms with Crippen LogP contribution in [0, 0.1) is 12.7 Å². The van der Waals surface area contributed by atoms with Crippen LogP contribution in [0.4, 0.5) is 10.1 Å². The average Bonchev–Trinajstić information content (AvgIpc) is 3.36.